The minimum atomic E-state index is -4.27. The Morgan fingerprint density at radius 3 is 2.10 bits per heavy atom. The molecule has 4 heteroatoms. The lowest BCUT2D eigenvalue weighted by Gasteiger charge is -2.43. The molecule has 0 saturated carbocycles. The van der Waals surface area contributed by atoms with E-state index in [2.05, 4.69) is 26.1 Å². The van der Waals surface area contributed by atoms with Crippen LogP contribution in [0.1, 0.15) is 57.6 Å². The van der Waals surface area contributed by atoms with Crippen LogP contribution in [0, 0.1) is 5.41 Å². The predicted octanol–water partition coefficient (Wildman–Crippen LogP) is 5.11. The van der Waals surface area contributed by atoms with Crippen molar-refractivity contribution in [1.82, 2.24) is 5.32 Å². The van der Waals surface area contributed by atoms with E-state index in [1.807, 2.05) is 0 Å². The summed E-state index contributed by atoms with van der Waals surface area (Å²) in [5, 5.41) is 3.58. The number of alkyl halides is 3. The van der Waals surface area contributed by atoms with Gasteiger partial charge < -0.3 is 5.32 Å². The van der Waals surface area contributed by atoms with E-state index in [4.69, 9.17) is 0 Å². The van der Waals surface area contributed by atoms with Crippen LogP contribution in [-0.4, -0.2) is 6.54 Å². The van der Waals surface area contributed by atoms with Crippen molar-refractivity contribution in [2.45, 2.75) is 58.2 Å². The summed E-state index contributed by atoms with van der Waals surface area (Å²) in [6.07, 6.45) is -0.118. The van der Waals surface area contributed by atoms with Crippen molar-refractivity contribution in [2.24, 2.45) is 5.41 Å². The summed E-state index contributed by atoms with van der Waals surface area (Å²) in [7, 11) is 0. The van der Waals surface area contributed by atoms with Crippen LogP contribution in [0.15, 0.2) is 24.3 Å². The Labute approximate surface area is 124 Å². The van der Waals surface area contributed by atoms with Crippen LogP contribution < -0.4 is 5.32 Å². The third-order valence-corrected chi connectivity index (χ3v) is 4.09. The summed E-state index contributed by atoms with van der Waals surface area (Å²) in [5.41, 5.74) is 0.325. The molecule has 1 atom stereocenters. The Morgan fingerprint density at radius 2 is 1.67 bits per heavy atom. The fraction of sp³-hybridized carbons (Fsp3) is 0.647. The van der Waals surface area contributed by atoms with E-state index < -0.39 is 11.7 Å². The second-order valence-electron chi connectivity index (χ2n) is 7.28. The number of halogens is 3. The molecule has 0 aliphatic carbocycles. The molecule has 1 aromatic rings. The third-order valence-electron chi connectivity index (χ3n) is 4.09. The summed E-state index contributed by atoms with van der Waals surface area (Å²) in [6.45, 7) is 7.45. The largest absolute Gasteiger partial charge is 0.416 e. The van der Waals surface area contributed by atoms with E-state index in [1.165, 1.54) is 12.1 Å². The number of benzene rings is 1. The maximum Gasteiger partial charge on any atom is 0.416 e. The summed E-state index contributed by atoms with van der Waals surface area (Å²) in [6, 6.07) is 5.70. The molecule has 2 rings (SSSR count). The minimum absolute atomic E-state index is 0.118. The lowest BCUT2D eigenvalue weighted by Crippen LogP contribution is -2.48. The van der Waals surface area contributed by atoms with Crippen molar-refractivity contribution in [3.8, 4) is 0 Å². The summed E-state index contributed by atoms with van der Waals surface area (Å²) < 4.78 is 38.1. The quantitative estimate of drug-likeness (QED) is 0.800. The number of nitrogens with one attached hydrogen (secondary N) is 1. The van der Waals surface area contributed by atoms with E-state index in [1.54, 1.807) is 12.1 Å². The molecular weight excluding hydrogens is 275 g/mol. The van der Waals surface area contributed by atoms with Crippen molar-refractivity contribution >= 4 is 0 Å². The average molecular weight is 299 g/mol. The first-order valence-corrected chi connectivity index (χ1v) is 7.55. The molecule has 1 aromatic carbocycles. The summed E-state index contributed by atoms with van der Waals surface area (Å²) >= 11 is 0. The van der Waals surface area contributed by atoms with Crippen LogP contribution in [0.4, 0.5) is 13.2 Å². The van der Waals surface area contributed by atoms with Gasteiger partial charge in [0, 0.05) is 5.54 Å². The second-order valence-corrected chi connectivity index (χ2v) is 7.28. The Kier molecular flexibility index (Phi) is 4.39. The van der Waals surface area contributed by atoms with E-state index in [-0.39, 0.29) is 11.0 Å². The Bertz CT molecular complexity index is 462. The van der Waals surface area contributed by atoms with Gasteiger partial charge >= 0.3 is 6.18 Å². The fourth-order valence-electron chi connectivity index (χ4n) is 3.35. The minimum Gasteiger partial charge on any atom is -0.307 e. The number of hydrogen-bond acceptors (Lipinski definition) is 1. The van der Waals surface area contributed by atoms with Crippen LogP contribution in [0.25, 0.3) is 0 Å². The zero-order valence-electron chi connectivity index (χ0n) is 13.0. The normalized spacial score (nSPS) is 24.1. The maximum atomic E-state index is 12.7. The molecule has 21 heavy (non-hydrogen) atoms. The highest BCUT2D eigenvalue weighted by Gasteiger charge is 2.38. The average Bonchev–Trinajstić information content (AvgIpc) is 2.37. The molecule has 1 saturated heterocycles. The van der Waals surface area contributed by atoms with Crippen LogP contribution in [-0.2, 0) is 11.7 Å². The van der Waals surface area contributed by atoms with Gasteiger partial charge in [0.05, 0.1) is 5.56 Å². The van der Waals surface area contributed by atoms with Gasteiger partial charge in [-0.05, 0) is 48.9 Å². The van der Waals surface area contributed by atoms with Crippen LogP contribution in [0.2, 0.25) is 0 Å². The van der Waals surface area contributed by atoms with Gasteiger partial charge in [-0.3, -0.25) is 0 Å². The zero-order chi connectivity index (χ0) is 15.7. The molecule has 0 amide bonds. The summed E-state index contributed by atoms with van der Waals surface area (Å²) in [4.78, 5) is 0. The topological polar surface area (TPSA) is 12.0 Å². The first kappa shape index (κ1) is 16.3. The molecule has 1 aliphatic heterocycles. The van der Waals surface area contributed by atoms with Crippen molar-refractivity contribution in [2.75, 3.05) is 6.54 Å². The molecule has 0 bridgehead atoms. The molecule has 0 aromatic heterocycles. The lowest BCUT2D eigenvalue weighted by molar-refractivity contribution is -0.137. The third kappa shape index (κ3) is 4.00. The number of piperidine rings is 1. The van der Waals surface area contributed by atoms with Crippen LogP contribution in [0.5, 0.6) is 0 Å². The molecule has 118 valence electrons. The van der Waals surface area contributed by atoms with Crippen molar-refractivity contribution < 1.29 is 13.2 Å². The van der Waals surface area contributed by atoms with Gasteiger partial charge in [-0.25, -0.2) is 0 Å². The molecule has 1 unspecified atom stereocenters. The highest BCUT2D eigenvalue weighted by atomic mass is 19.4. The van der Waals surface area contributed by atoms with Gasteiger partial charge in [-0.15, -0.1) is 0 Å². The molecule has 1 fully saturated rings. The SMILES string of the molecule is CC(C)(C)CC1(c2ccc(C(F)(F)F)cc2)CCCCN1. The highest BCUT2D eigenvalue weighted by molar-refractivity contribution is 5.31. The van der Waals surface area contributed by atoms with Crippen molar-refractivity contribution in [1.29, 1.82) is 0 Å². The molecule has 1 nitrogen and oxygen atoms in total. The van der Waals surface area contributed by atoms with Gasteiger partial charge in [0.1, 0.15) is 0 Å². The maximum absolute atomic E-state index is 12.7. The predicted molar refractivity (Wildman–Crippen MR) is 79.0 cm³/mol. The van der Waals surface area contributed by atoms with Crippen molar-refractivity contribution in [3.05, 3.63) is 35.4 Å². The Morgan fingerprint density at radius 1 is 1.05 bits per heavy atom. The standard InChI is InChI=1S/C17H24F3N/c1-15(2,3)12-16(10-4-5-11-21-16)13-6-8-14(9-7-13)17(18,19)20/h6-9,21H,4-5,10-12H2,1-3H3. The lowest BCUT2D eigenvalue weighted by atomic mass is 9.72. The summed E-state index contributed by atoms with van der Waals surface area (Å²) in [5.74, 6) is 0. The second kappa shape index (κ2) is 5.64. The molecular formula is C17H24F3N. The monoisotopic (exact) mass is 299 g/mol. The number of rotatable bonds is 2. The van der Waals surface area contributed by atoms with Gasteiger partial charge in [-0.1, -0.05) is 39.3 Å². The molecule has 1 aliphatic rings. The first-order valence-electron chi connectivity index (χ1n) is 7.55. The van der Waals surface area contributed by atoms with Gasteiger partial charge in [0.25, 0.3) is 0 Å². The van der Waals surface area contributed by atoms with Gasteiger partial charge in [0.15, 0.2) is 0 Å². The van der Waals surface area contributed by atoms with E-state index >= 15 is 0 Å². The Hall–Kier alpha value is -1.03. The Balaban J connectivity index is 2.33. The molecule has 1 heterocycles. The smallest absolute Gasteiger partial charge is 0.307 e. The van der Waals surface area contributed by atoms with Gasteiger partial charge in [0.2, 0.25) is 0 Å². The fourth-order valence-corrected chi connectivity index (χ4v) is 3.35. The zero-order valence-corrected chi connectivity index (χ0v) is 13.0. The van der Waals surface area contributed by atoms with E-state index in [0.29, 0.717) is 0 Å². The van der Waals surface area contributed by atoms with Gasteiger partial charge in [-0.2, -0.15) is 13.2 Å². The van der Waals surface area contributed by atoms with Crippen LogP contribution in [0.3, 0.4) is 0 Å². The first-order chi connectivity index (χ1) is 9.62. The molecule has 0 radical (unpaired) electrons. The molecule has 1 N–H and O–H groups in total. The van der Waals surface area contributed by atoms with Crippen LogP contribution >= 0.6 is 0 Å². The van der Waals surface area contributed by atoms with Crippen molar-refractivity contribution in [3.63, 3.8) is 0 Å². The van der Waals surface area contributed by atoms with E-state index in [9.17, 15) is 13.2 Å². The number of hydrogen-bond donors (Lipinski definition) is 1. The van der Waals surface area contributed by atoms with E-state index in [0.717, 1.165) is 37.8 Å². The molecule has 0 spiro atoms. The highest BCUT2D eigenvalue weighted by Crippen LogP contribution is 2.41.